The summed E-state index contributed by atoms with van der Waals surface area (Å²) in [5.41, 5.74) is 17.1. The molecule has 0 atom stereocenters. The quantitative estimate of drug-likeness (QED) is 0.154. The van der Waals surface area contributed by atoms with Gasteiger partial charge in [-0.05, 0) is 79.8 Å². The van der Waals surface area contributed by atoms with Gasteiger partial charge in [-0.2, -0.15) is 0 Å². The van der Waals surface area contributed by atoms with Crippen molar-refractivity contribution in [2.45, 2.75) is 91.9 Å². The van der Waals surface area contributed by atoms with Crippen molar-refractivity contribution in [1.29, 1.82) is 0 Å². The molecule has 68 heavy (non-hydrogen) atoms. The number of hydrogen-bond acceptors (Lipinski definition) is 5. The largest absolute Gasteiger partial charge is 0.507 e. The van der Waals surface area contributed by atoms with Crippen LogP contribution in [-0.4, -0.2) is 15.1 Å². The molecule has 0 saturated heterocycles. The van der Waals surface area contributed by atoms with E-state index in [0.29, 0.717) is 33.7 Å². The maximum absolute atomic E-state index is 12.5. The molecule has 344 valence electrons. The molecule has 0 aliphatic heterocycles. The minimum Gasteiger partial charge on any atom is -0.507 e. The van der Waals surface area contributed by atoms with Gasteiger partial charge in [0.2, 0.25) is 5.89 Å². The first-order chi connectivity index (χ1) is 32.0. The maximum Gasteiger partial charge on any atom is 0.230 e. The van der Waals surface area contributed by atoms with Crippen LogP contribution in [0.25, 0.3) is 100 Å². The number of phenolic OH excluding ortho intramolecular Hbond substituents is 1. The van der Waals surface area contributed by atoms with E-state index >= 15 is 0 Å². The molecule has 10 aromatic rings. The minimum absolute atomic E-state index is 0. The van der Waals surface area contributed by atoms with E-state index in [0.717, 1.165) is 66.6 Å². The second-order valence-corrected chi connectivity index (χ2v) is 20.7. The van der Waals surface area contributed by atoms with Gasteiger partial charge in [0.05, 0.1) is 11.1 Å². The van der Waals surface area contributed by atoms with Crippen LogP contribution in [0.15, 0.2) is 155 Å². The van der Waals surface area contributed by atoms with Crippen LogP contribution in [0.4, 0.5) is 0 Å². The van der Waals surface area contributed by atoms with Gasteiger partial charge in [0.25, 0.3) is 0 Å². The Balaban J connectivity index is 0.00000578. The zero-order valence-electron chi connectivity index (χ0n) is 40.5. The third-order valence-electron chi connectivity index (χ3n) is 13.2. The van der Waals surface area contributed by atoms with Crippen LogP contribution in [-0.2, 0) is 31.9 Å². The summed E-state index contributed by atoms with van der Waals surface area (Å²) in [6, 6.07) is 52.6. The van der Waals surface area contributed by atoms with Crippen LogP contribution in [0.2, 0.25) is 0 Å². The second kappa shape index (κ2) is 17.8. The second-order valence-electron chi connectivity index (χ2n) is 20.7. The molecular weight excluding hydrogens is 1020 g/mol. The zero-order chi connectivity index (χ0) is 46.9. The molecule has 0 unspecified atom stereocenters. The van der Waals surface area contributed by atoms with Crippen molar-refractivity contribution >= 4 is 33.0 Å². The SMILES string of the molecule is CC(C)c1cc(-c2ccccc2)cc(C(C)C)c1-c1ccc(-c2[c-]c(-c3cc(-c4ccccc4)ccn3)cc(C(C)(C)C)c2)c2nc(-c3cc4c(oc5ccccc54)c(C(C)(C)C)c3O)oc12.[Pt]. The molecule has 3 aromatic heterocycles. The molecule has 6 heteroatoms. The number of aromatic hydroxyl groups is 1. The molecule has 0 bridgehead atoms. The van der Waals surface area contributed by atoms with E-state index in [-0.39, 0.29) is 44.1 Å². The molecule has 0 radical (unpaired) electrons. The molecule has 0 aliphatic rings. The van der Waals surface area contributed by atoms with Gasteiger partial charge >= 0.3 is 0 Å². The van der Waals surface area contributed by atoms with Gasteiger partial charge in [-0.1, -0.05) is 190 Å². The van der Waals surface area contributed by atoms with Gasteiger partial charge in [-0.15, -0.1) is 29.3 Å². The molecule has 5 nitrogen and oxygen atoms in total. The van der Waals surface area contributed by atoms with Crippen LogP contribution in [0.1, 0.15) is 103 Å². The Labute approximate surface area is 414 Å². The normalized spacial score (nSPS) is 12.2. The van der Waals surface area contributed by atoms with E-state index in [9.17, 15) is 5.11 Å². The predicted molar refractivity (Wildman–Crippen MR) is 278 cm³/mol. The summed E-state index contributed by atoms with van der Waals surface area (Å²) >= 11 is 0. The molecule has 0 fully saturated rings. The van der Waals surface area contributed by atoms with Crippen molar-refractivity contribution in [2.75, 3.05) is 0 Å². The average molecular weight is 1070 g/mol. The Morgan fingerprint density at radius 1 is 0.544 bits per heavy atom. The minimum atomic E-state index is -0.474. The molecule has 7 aromatic carbocycles. The number of phenols is 1. The number of para-hydroxylation sites is 1. The summed E-state index contributed by atoms with van der Waals surface area (Å²) in [6.07, 6.45) is 1.88. The smallest absolute Gasteiger partial charge is 0.230 e. The monoisotopic (exact) mass is 1070 g/mol. The van der Waals surface area contributed by atoms with Gasteiger partial charge < -0.3 is 13.9 Å². The predicted octanol–water partition coefficient (Wildman–Crippen LogP) is 17.5. The number of benzene rings is 7. The molecule has 0 aliphatic carbocycles. The van der Waals surface area contributed by atoms with Crippen molar-refractivity contribution in [3.63, 3.8) is 0 Å². The maximum atomic E-state index is 12.5. The molecule has 0 amide bonds. The van der Waals surface area contributed by atoms with Gasteiger partial charge in [-0.25, -0.2) is 4.98 Å². The van der Waals surface area contributed by atoms with Gasteiger partial charge in [-0.3, -0.25) is 4.98 Å². The fourth-order valence-corrected chi connectivity index (χ4v) is 9.62. The third-order valence-corrected chi connectivity index (χ3v) is 13.2. The Kier molecular flexibility index (Phi) is 12.2. The first kappa shape index (κ1) is 46.6. The van der Waals surface area contributed by atoms with Crippen LogP contribution in [0.5, 0.6) is 5.75 Å². The molecule has 10 rings (SSSR count). The van der Waals surface area contributed by atoms with Gasteiger partial charge in [0.15, 0.2) is 5.58 Å². The number of pyridine rings is 1. The topological polar surface area (TPSA) is 72.3 Å². The Hall–Kier alpha value is -6.55. The Morgan fingerprint density at radius 2 is 1.15 bits per heavy atom. The molecule has 3 heterocycles. The van der Waals surface area contributed by atoms with Crippen molar-refractivity contribution in [2.24, 2.45) is 0 Å². The molecular formula is C62H57N2O3Pt-. The number of fused-ring (bicyclic) bond motifs is 4. The Morgan fingerprint density at radius 3 is 1.78 bits per heavy atom. The van der Waals surface area contributed by atoms with E-state index in [2.05, 4.69) is 184 Å². The number of oxazole rings is 1. The number of furan rings is 1. The van der Waals surface area contributed by atoms with E-state index in [4.69, 9.17) is 18.8 Å². The number of rotatable bonds is 8. The summed E-state index contributed by atoms with van der Waals surface area (Å²) < 4.78 is 13.7. The van der Waals surface area contributed by atoms with Crippen LogP contribution in [0.3, 0.4) is 0 Å². The van der Waals surface area contributed by atoms with Crippen molar-refractivity contribution < 1.29 is 35.0 Å². The zero-order valence-corrected chi connectivity index (χ0v) is 42.8. The number of aromatic nitrogens is 2. The summed E-state index contributed by atoms with van der Waals surface area (Å²) in [5, 5.41) is 14.4. The van der Waals surface area contributed by atoms with Gasteiger partial charge in [0.1, 0.15) is 16.9 Å². The van der Waals surface area contributed by atoms with Crippen LogP contribution < -0.4 is 0 Å². The van der Waals surface area contributed by atoms with E-state index < -0.39 is 5.41 Å². The van der Waals surface area contributed by atoms with E-state index in [1.54, 1.807) is 0 Å². The first-order valence-electron chi connectivity index (χ1n) is 23.5. The molecule has 1 N–H and O–H groups in total. The van der Waals surface area contributed by atoms with Crippen molar-refractivity contribution in [3.8, 4) is 73.0 Å². The van der Waals surface area contributed by atoms with Crippen LogP contribution >= 0.6 is 0 Å². The summed E-state index contributed by atoms with van der Waals surface area (Å²) in [5.74, 6) is 0.824. The fourth-order valence-electron chi connectivity index (χ4n) is 9.62. The summed E-state index contributed by atoms with van der Waals surface area (Å²) in [4.78, 5) is 10.4. The standard InChI is InChI=1S/C62H57N2O3.Pt/c1-36(2)48-32-41(39-21-15-12-16-22-39)33-49(37(3)4)54(48)47-26-25-45(42-29-43(31-44(30-42)61(5,6)7)52-34-40(27-28-63-52)38-19-13-11-14-20-38)56-59(47)67-60(64-56)51-35-50-46-23-17-18-24-53(46)66-58(50)55(57(51)65)62(8,9)10;/h11-28,30-37,65H,1-10H3;/q-1;. The van der Waals surface area contributed by atoms with Crippen LogP contribution in [0, 0.1) is 6.07 Å². The first-order valence-corrected chi connectivity index (χ1v) is 23.5. The number of hydrogen-bond donors (Lipinski definition) is 1. The average Bonchev–Trinajstić information content (AvgIpc) is 3.92. The molecule has 0 spiro atoms. The van der Waals surface area contributed by atoms with E-state index in [1.807, 2.05) is 36.5 Å². The third kappa shape index (κ3) is 8.40. The van der Waals surface area contributed by atoms with Crippen molar-refractivity contribution in [3.05, 3.63) is 174 Å². The van der Waals surface area contributed by atoms with Gasteiger partial charge in [0, 0.05) is 54.9 Å². The summed E-state index contributed by atoms with van der Waals surface area (Å²) in [7, 11) is 0. The fraction of sp³-hybridized carbons (Fsp3) is 0.226. The number of nitrogens with zero attached hydrogens (tertiary/aromatic N) is 2. The van der Waals surface area contributed by atoms with E-state index in [1.165, 1.54) is 22.3 Å². The Bertz CT molecular complexity index is 3460. The molecule has 0 saturated carbocycles. The van der Waals surface area contributed by atoms with Crippen molar-refractivity contribution in [1.82, 2.24) is 9.97 Å². The summed E-state index contributed by atoms with van der Waals surface area (Å²) in [6.45, 7) is 22.1.